The second kappa shape index (κ2) is 4.63. The molecule has 1 fully saturated rings. The predicted molar refractivity (Wildman–Crippen MR) is 53.5 cm³/mol. The van der Waals surface area contributed by atoms with Crippen molar-refractivity contribution in [1.82, 2.24) is 0 Å². The Morgan fingerprint density at radius 3 is 2.58 bits per heavy atom. The van der Waals surface area contributed by atoms with Crippen LogP contribution < -0.4 is 0 Å². The Kier molecular flexibility index (Phi) is 4.06. The van der Waals surface area contributed by atoms with Gasteiger partial charge in [0.25, 0.3) is 0 Å². The van der Waals surface area contributed by atoms with E-state index in [1.807, 2.05) is 21.8 Å². The van der Waals surface area contributed by atoms with E-state index in [-0.39, 0.29) is 0 Å². The van der Waals surface area contributed by atoms with Crippen molar-refractivity contribution in [3.8, 4) is 0 Å². The number of hydrogen-bond donors (Lipinski definition) is 0. The Hall–Kier alpha value is 0.460. The molecule has 1 rings (SSSR count). The molecule has 0 N–H and O–H groups in total. The first-order chi connectivity index (χ1) is 5.59. The Morgan fingerprint density at radius 2 is 2.00 bits per heavy atom. The molecule has 0 aromatic rings. The van der Waals surface area contributed by atoms with Gasteiger partial charge in [0.1, 0.15) is 0 Å². The summed E-state index contributed by atoms with van der Waals surface area (Å²) in [6.45, 7) is 6.69. The van der Waals surface area contributed by atoms with Crippen LogP contribution >= 0.6 is 0 Å². The first-order valence-corrected chi connectivity index (χ1v) is 5.93. The van der Waals surface area contributed by atoms with Crippen molar-refractivity contribution in [2.75, 3.05) is 0 Å². The van der Waals surface area contributed by atoms with Crippen molar-refractivity contribution in [2.45, 2.75) is 46.1 Å². The molecule has 0 aromatic heterocycles. The van der Waals surface area contributed by atoms with E-state index in [9.17, 15) is 0 Å². The Balaban J connectivity index is 2.43. The van der Waals surface area contributed by atoms with Crippen molar-refractivity contribution in [3.05, 3.63) is 0 Å². The zero-order valence-corrected chi connectivity index (χ0v) is 10.5. The fourth-order valence-corrected chi connectivity index (χ4v) is 2.21. The maximum absolute atomic E-state index is 5.79. The minimum absolute atomic E-state index is 0.487. The van der Waals surface area contributed by atoms with Crippen LogP contribution in [0.15, 0.2) is 0 Å². The molecule has 0 spiro atoms. The van der Waals surface area contributed by atoms with Crippen LogP contribution in [0.3, 0.4) is 0 Å². The summed E-state index contributed by atoms with van der Waals surface area (Å²) in [7, 11) is 0. The van der Waals surface area contributed by atoms with E-state index in [0.29, 0.717) is 6.10 Å². The number of hydrogen-bond acceptors (Lipinski definition) is 1. The van der Waals surface area contributed by atoms with Crippen molar-refractivity contribution in [1.29, 1.82) is 0 Å². The molecule has 0 radical (unpaired) electrons. The molecule has 1 aliphatic rings. The molecule has 0 bridgehead atoms. The van der Waals surface area contributed by atoms with Gasteiger partial charge in [-0.2, -0.15) is 0 Å². The van der Waals surface area contributed by atoms with Crippen molar-refractivity contribution >= 4 is 25.6 Å². The van der Waals surface area contributed by atoms with Crippen LogP contribution in [0.4, 0.5) is 0 Å². The van der Waals surface area contributed by atoms with Gasteiger partial charge in [-0.3, -0.25) is 0 Å². The van der Waals surface area contributed by atoms with Crippen LogP contribution in [-0.4, -0.2) is 31.7 Å². The normalized spacial score (nSPS) is 36.1. The van der Waals surface area contributed by atoms with Gasteiger partial charge in [0.2, 0.25) is 0 Å². The molecular weight excluding hydrogens is 264 g/mol. The van der Waals surface area contributed by atoms with Gasteiger partial charge >= 0.3 is 88.3 Å². The van der Waals surface area contributed by atoms with Gasteiger partial charge < -0.3 is 0 Å². The van der Waals surface area contributed by atoms with Crippen LogP contribution in [0.5, 0.6) is 0 Å². The second-order valence-corrected chi connectivity index (χ2v) is 5.68. The van der Waals surface area contributed by atoms with Gasteiger partial charge in [-0.05, 0) is 0 Å². The van der Waals surface area contributed by atoms with Crippen LogP contribution in [0.25, 0.3) is 0 Å². The molecule has 3 unspecified atom stereocenters. The molecule has 2 heteroatoms. The molecule has 3 atom stereocenters. The summed E-state index contributed by atoms with van der Waals surface area (Å²) in [6.07, 6.45) is 4.44. The first kappa shape index (κ1) is 10.5. The van der Waals surface area contributed by atoms with E-state index in [0.717, 1.165) is 15.6 Å². The summed E-state index contributed by atoms with van der Waals surface area (Å²) in [5.41, 5.74) is 0. The Labute approximate surface area is 88.3 Å². The maximum atomic E-state index is 5.79. The van der Waals surface area contributed by atoms with Gasteiger partial charge in [-0.1, -0.05) is 0 Å². The third-order valence-corrected chi connectivity index (χ3v) is 2.98. The Morgan fingerprint density at radius 1 is 1.33 bits per heavy atom. The average Bonchev–Trinajstić information content (AvgIpc) is 1.96. The fourth-order valence-electron chi connectivity index (χ4n) is 1.86. The summed E-state index contributed by atoms with van der Waals surface area (Å²) in [4.78, 5) is 0. The summed E-state index contributed by atoms with van der Waals surface area (Å²) in [5, 5.41) is 0. The predicted octanol–water partition coefficient (Wildman–Crippen LogP) is 2.15. The molecule has 70 valence electrons. The topological polar surface area (TPSA) is 9.23 Å². The number of rotatable bonds is 2. The molecule has 0 heterocycles. The summed E-state index contributed by atoms with van der Waals surface area (Å²) in [5.74, 6) is 1.60. The molecule has 0 amide bonds. The second-order valence-electron chi connectivity index (χ2n) is 4.04. The van der Waals surface area contributed by atoms with E-state index in [4.69, 9.17) is 4.74 Å². The molecule has 1 aliphatic carbocycles. The van der Waals surface area contributed by atoms with Gasteiger partial charge in [-0.15, -0.1) is 0 Å². The van der Waals surface area contributed by atoms with Gasteiger partial charge in [0.05, 0.1) is 0 Å². The Bertz CT molecular complexity index is 167. The summed E-state index contributed by atoms with van der Waals surface area (Å²) >= 11 is 1.98. The van der Waals surface area contributed by atoms with Gasteiger partial charge in [0, 0.05) is 0 Å². The number of ether oxygens (including phenoxy) is 1. The average molecular weight is 282 g/mol. The van der Waals surface area contributed by atoms with Crippen molar-refractivity contribution in [3.63, 3.8) is 0 Å². The monoisotopic (exact) mass is 284 g/mol. The van der Waals surface area contributed by atoms with Gasteiger partial charge in [0.15, 0.2) is 0 Å². The molecule has 1 nitrogen and oxygen atoms in total. The zero-order chi connectivity index (χ0) is 9.14. The van der Waals surface area contributed by atoms with E-state index < -0.39 is 0 Å². The van der Waals surface area contributed by atoms with E-state index >= 15 is 0 Å². The summed E-state index contributed by atoms with van der Waals surface area (Å²) < 4.78 is 6.92. The molecule has 0 aliphatic heterocycles. The van der Waals surface area contributed by atoms with Crippen LogP contribution in [0.1, 0.15) is 40.0 Å². The molecule has 0 aromatic carbocycles. The fraction of sp³-hybridized carbons (Fsp3) is 0.900. The SMILES string of the molecule is CC(=[Te])OC1CC(C)CCC1C. The van der Waals surface area contributed by atoms with Crippen LogP contribution in [-0.2, 0) is 4.74 Å². The quantitative estimate of drug-likeness (QED) is 0.705. The summed E-state index contributed by atoms with van der Waals surface area (Å²) in [6, 6.07) is 0. The zero-order valence-electron chi connectivity index (χ0n) is 8.17. The third kappa shape index (κ3) is 3.07. The van der Waals surface area contributed by atoms with E-state index in [1.165, 1.54) is 19.3 Å². The minimum atomic E-state index is 0.487. The standard InChI is InChI=1S/C10H18OTe/c1-7-4-5-8(2)10(6-7)11-9(3)12/h7-8,10H,4-6H2,1-3H3. The molecule has 1 saturated carbocycles. The molecule has 0 saturated heterocycles. The third-order valence-electron chi connectivity index (χ3n) is 2.70. The van der Waals surface area contributed by atoms with Crippen LogP contribution in [0, 0.1) is 11.8 Å². The first-order valence-electron chi connectivity index (χ1n) is 4.76. The van der Waals surface area contributed by atoms with Crippen molar-refractivity contribution < 1.29 is 4.74 Å². The van der Waals surface area contributed by atoms with Crippen molar-refractivity contribution in [2.24, 2.45) is 11.8 Å². The molecular formula is C10H18OTe. The van der Waals surface area contributed by atoms with Crippen LogP contribution in [0.2, 0.25) is 0 Å². The van der Waals surface area contributed by atoms with E-state index in [1.54, 1.807) is 0 Å². The van der Waals surface area contributed by atoms with Gasteiger partial charge in [-0.25, -0.2) is 0 Å². The van der Waals surface area contributed by atoms with E-state index in [2.05, 4.69) is 20.8 Å². The molecule has 12 heavy (non-hydrogen) atoms.